The summed E-state index contributed by atoms with van der Waals surface area (Å²) in [5, 5.41) is 3.03. The summed E-state index contributed by atoms with van der Waals surface area (Å²) in [6, 6.07) is 11.6. The number of hydrogen-bond acceptors (Lipinski definition) is 3. The van der Waals surface area contributed by atoms with Crippen molar-refractivity contribution in [3.63, 3.8) is 0 Å². The van der Waals surface area contributed by atoms with Crippen molar-refractivity contribution in [3.05, 3.63) is 54.0 Å². The number of benzene rings is 1. The number of hydrogen-bond donors (Lipinski definition) is 1. The van der Waals surface area contributed by atoms with Crippen LogP contribution >= 0.6 is 0 Å². The van der Waals surface area contributed by atoms with Gasteiger partial charge in [-0.2, -0.15) is 0 Å². The average Bonchev–Trinajstić information content (AvgIpc) is 3.17. The van der Waals surface area contributed by atoms with Gasteiger partial charge in [0.25, 0.3) is 5.91 Å². The zero-order valence-corrected chi connectivity index (χ0v) is 11.9. The van der Waals surface area contributed by atoms with Crippen molar-refractivity contribution in [1.29, 1.82) is 0 Å². The van der Waals surface area contributed by atoms with Crippen LogP contribution in [0.2, 0.25) is 0 Å². The number of carbonyl (C=O) groups excluding carboxylic acids is 1. The lowest BCUT2D eigenvalue weighted by Crippen LogP contribution is -2.32. The third-order valence-electron chi connectivity index (χ3n) is 3.78. The van der Waals surface area contributed by atoms with Gasteiger partial charge in [0, 0.05) is 11.6 Å². The Kier molecular flexibility index (Phi) is 4.24. The molecule has 1 N–H and O–H groups in total. The molecule has 1 aromatic heterocycles. The molecule has 1 aliphatic rings. The van der Waals surface area contributed by atoms with Crippen LogP contribution in [0.5, 0.6) is 5.75 Å². The first-order valence-corrected chi connectivity index (χ1v) is 7.38. The zero-order valence-electron chi connectivity index (χ0n) is 11.9. The van der Waals surface area contributed by atoms with Crippen molar-refractivity contribution >= 4 is 5.91 Å². The van der Waals surface area contributed by atoms with Crippen molar-refractivity contribution in [2.24, 2.45) is 0 Å². The standard InChI is InChI=1S/C17H19NO3/c19-17(18-14-6-4-5-7-14)16-13(10-11-20-16)12-21-15-8-2-1-3-9-15/h1-3,8-11,14H,4-7,12H2,(H,18,19). The first-order chi connectivity index (χ1) is 10.3. The molecule has 1 amide bonds. The molecule has 110 valence electrons. The van der Waals surface area contributed by atoms with Gasteiger partial charge in [-0.1, -0.05) is 31.0 Å². The predicted octanol–water partition coefficient (Wildman–Crippen LogP) is 3.53. The second kappa shape index (κ2) is 6.48. The van der Waals surface area contributed by atoms with Crippen LogP contribution in [-0.2, 0) is 6.61 Å². The molecule has 4 heteroatoms. The summed E-state index contributed by atoms with van der Waals surface area (Å²) in [6.45, 7) is 0.327. The molecule has 3 rings (SSSR count). The number of amides is 1. The van der Waals surface area contributed by atoms with Gasteiger partial charge in [0.15, 0.2) is 5.76 Å². The quantitative estimate of drug-likeness (QED) is 0.914. The van der Waals surface area contributed by atoms with E-state index >= 15 is 0 Å². The zero-order chi connectivity index (χ0) is 14.5. The molecular formula is C17H19NO3. The summed E-state index contributed by atoms with van der Waals surface area (Å²) in [4.78, 5) is 12.2. The first kappa shape index (κ1) is 13.7. The number of carbonyl (C=O) groups is 1. The maximum atomic E-state index is 12.2. The molecule has 0 bridgehead atoms. The Balaban J connectivity index is 1.61. The summed E-state index contributed by atoms with van der Waals surface area (Å²) in [5.74, 6) is 0.997. The van der Waals surface area contributed by atoms with Crippen molar-refractivity contribution < 1.29 is 13.9 Å². The van der Waals surface area contributed by atoms with Crippen molar-refractivity contribution in [2.75, 3.05) is 0 Å². The smallest absolute Gasteiger partial charge is 0.287 e. The fourth-order valence-electron chi connectivity index (χ4n) is 2.65. The average molecular weight is 285 g/mol. The third-order valence-corrected chi connectivity index (χ3v) is 3.78. The minimum atomic E-state index is -0.140. The highest BCUT2D eigenvalue weighted by Gasteiger charge is 2.21. The van der Waals surface area contributed by atoms with Gasteiger partial charge in [-0.15, -0.1) is 0 Å². The molecule has 1 fully saturated rings. The SMILES string of the molecule is O=C(NC1CCCC1)c1occc1COc1ccccc1. The van der Waals surface area contributed by atoms with E-state index in [1.54, 1.807) is 6.07 Å². The normalized spacial score (nSPS) is 15.0. The molecule has 0 radical (unpaired) electrons. The molecule has 0 saturated heterocycles. The second-order valence-corrected chi connectivity index (χ2v) is 5.33. The molecule has 0 aliphatic heterocycles. The maximum absolute atomic E-state index is 12.2. The molecule has 0 spiro atoms. The van der Waals surface area contributed by atoms with Gasteiger partial charge in [0.05, 0.1) is 6.26 Å². The molecule has 0 unspecified atom stereocenters. The highest BCUT2D eigenvalue weighted by Crippen LogP contribution is 2.20. The van der Waals surface area contributed by atoms with Crippen molar-refractivity contribution in [1.82, 2.24) is 5.32 Å². The minimum absolute atomic E-state index is 0.140. The van der Waals surface area contributed by atoms with Crippen LogP contribution in [0.4, 0.5) is 0 Å². The summed E-state index contributed by atoms with van der Waals surface area (Å²) < 4.78 is 11.0. The lowest BCUT2D eigenvalue weighted by Gasteiger charge is -2.11. The Morgan fingerprint density at radius 3 is 2.71 bits per heavy atom. The molecule has 1 heterocycles. The Hall–Kier alpha value is -2.23. The molecule has 2 aromatic rings. The first-order valence-electron chi connectivity index (χ1n) is 7.38. The van der Waals surface area contributed by atoms with Gasteiger partial charge >= 0.3 is 0 Å². The van der Waals surface area contributed by atoms with Crippen LogP contribution in [-0.4, -0.2) is 11.9 Å². The van der Waals surface area contributed by atoms with Crippen molar-refractivity contribution in [2.45, 2.75) is 38.3 Å². The molecule has 1 saturated carbocycles. The van der Waals surface area contributed by atoms with E-state index in [-0.39, 0.29) is 11.9 Å². The van der Waals surface area contributed by atoms with Crippen LogP contribution in [0, 0.1) is 0 Å². The van der Waals surface area contributed by atoms with E-state index in [1.165, 1.54) is 19.1 Å². The van der Waals surface area contributed by atoms with Crippen LogP contribution in [0.3, 0.4) is 0 Å². The van der Waals surface area contributed by atoms with Crippen LogP contribution in [0.15, 0.2) is 47.1 Å². The van der Waals surface area contributed by atoms with Crippen molar-refractivity contribution in [3.8, 4) is 5.75 Å². The monoisotopic (exact) mass is 285 g/mol. The molecular weight excluding hydrogens is 266 g/mol. The topological polar surface area (TPSA) is 51.5 Å². The van der Waals surface area contributed by atoms with Gasteiger partial charge in [-0.3, -0.25) is 4.79 Å². The summed E-state index contributed by atoms with van der Waals surface area (Å²) in [6.07, 6.45) is 6.03. The van der Waals surface area contributed by atoms with Gasteiger partial charge in [0.2, 0.25) is 0 Å². The van der Waals surface area contributed by atoms with Gasteiger partial charge < -0.3 is 14.5 Å². The molecule has 1 aromatic carbocycles. The van der Waals surface area contributed by atoms with E-state index in [0.717, 1.165) is 24.2 Å². The lowest BCUT2D eigenvalue weighted by atomic mass is 10.2. The van der Waals surface area contributed by atoms with E-state index in [0.29, 0.717) is 12.4 Å². The molecule has 0 atom stereocenters. The number of furan rings is 1. The Labute approximate surface area is 124 Å². The summed E-state index contributed by atoms with van der Waals surface area (Å²) in [5.41, 5.74) is 0.773. The largest absolute Gasteiger partial charge is 0.489 e. The third kappa shape index (κ3) is 3.45. The van der Waals surface area contributed by atoms with E-state index < -0.39 is 0 Å². The lowest BCUT2D eigenvalue weighted by molar-refractivity contribution is 0.0906. The Morgan fingerprint density at radius 2 is 1.95 bits per heavy atom. The molecule has 1 aliphatic carbocycles. The number of para-hydroxylation sites is 1. The highest BCUT2D eigenvalue weighted by atomic mass is 16.5. The Morgan fingerprint density at radius 1 is 1.19 bits per heavy atom. The van der Waals surface area contributed by atoms with E-state index in [9.17, 15) is 4.79 Å². The summed E-state index contributed by atoms with van der Waals surface area (Å²) in [7, 11) is 0. The fraction of sp³-hybridized carbons (Fsp3) is 0.353. The van der Waals surface area contributed by atoms with Gasteiger partial charge in [-0.25, -0.2) is 0 Å². The predicted molar refractivity (Wildman–Crippen MR) is 79.2 cm³/mol. The van der Waals surface area contributed by atoms with Crippen LogP contribution < -0.4 is 10.1 Å². The molecule has 21 heavy (non-hydrogen) atoms. The molecule has 4 nitrogen and oxygen atoms in total. The van der Waals surface area contributed by atoms with Gasteiger partial charge in [-0.05, 0) is 31.0 Å². The highest BCUT2D eigenvalue weighted by molar-refractivity contribution is 5.93. The second-order valence-electron chi connectivity index (χ2n) is 5.33. The maximum Gasteiger partial charge on any atom is 0.287 e. The van der Waals surface area contributed by atoms with Gasteiger partial charge in [0.1, 0.15) is 12.4 Å². The summed E-state index contributed by atoms with van der Waals surface area (Å²) >= 11 is 0. The number of nitrogens with one attached hydrogen (secondary N) is 1. The van der Waals surface area contributed by atoms with Crippen LogP contribution in [0.25, 0.3) is 0 Å². The fourth-order valence-corrected chi connectivity index (χ4v) is 2.65. The van der Waals surface area contributed by atoms with Crippen LogP contribution in [0.1, 0.15) is 41.8 Å². The Bertz CT molecular complexity index is 585. The minimum Gasteiger partial charge on any atom is -0.489 e. The van der Waals surface area contributed by atoms with E-state index in [2.05, 4.69) is 5.32 Å². The number of rotatable bonds is 5. The number of ether oxygens (including phenoxy) is 1. The van der Waals surface area contributed by atoms with E-state index in [4.69, 9.17) is 9.15 Å². The van der Waals surface area contributed by atoms with E-state index in [1.807, 2.05) is 30.3 Å².